The summed E-state index contributed by atoms with van der Waals surface area (Å²) in [5.74, 6) is 0.682. The zero-order valence-electron chi connectivity index (χ0n) is 9.81. The normalized spacial score (nSPS) is 10.7. The first-order valence-electron chi connectivity index (χ1n) is 5.66. The van der Waals surface area contributed by atoms with Crippen molar-refractivity contribution in [2.45, 2.75) is 19.8 Å². The van der Waals surface area contributed by atoms with Crippen molar-refractivity contribution in [3.05, 3.63) is 46.1 Å². The smallest absolute Gasteiger partial charge is 0.330 e. The molecular formula is C12H16N4O. The van der Waals surface area contributed by atoms with Gasteiger partial charge in [0.05, 0.1) is 5.69 Å². The quantitative estimate of drug-likeness (QED) is 0.817. The average Bonchev–Trinajstić information content (AvgIpc) is 2.69. The van der Waals surface area contributed by atoms with Crippen molar-refractivity contribution in [1.82, 2.24) is 14.8 Å². The maximum absolute atomic E-state index is 11.7. The molecule has 0 saturated carbocycles. The van der Waals surface area contributed by atoms with Gasteiger partial charge in [-0.3, -0.25) is 4.98 Å². The first-order valence-corrected chi connectivity index (χ1v) is 5.66. The molecule has 17 heavy (non-hydrogen) atoms. The van der Waals surface area contributed by atoms with E-state index in [0.29, 0.717) is 18.8 Å². The topological polar surface area (TPSA) is 76.7 Å². The highest BCUT2D eigenvalue weighted by Crippen LogP contribution is 2.06. The van der Waals surface area contributed by atoms with E-state index in [1.54, 1.807) is 0 Å². The van der Waals surface area contributed by atoms with E-state index in [4.69, 9.17) is 5.73 Å². The summed E-state index contributed by atoms with van der Waals surface area (Å²) >= 11 is 0. The summed E-state index contributed by atoms with van der Waals surface area (Å²) in [6, 6.07) is 7.67. The Morgan fingerprint density at radius 3 is 2.71 bits per heavy atom. The third kappa shape index (κ3) is 2.62. The van der Waals surface area contributed by atoms with Gasteiger partial charge in [-0.05, 0) is 32.0 Å². The zero-order valence-corrected chi connectivity index (χ0v) is 9.81. The molecule has 5 nitrogen and oxygen atoms in total. The lowest BCUT2D eigenvalue weighted by Crippen LogP contribution is -2.15. The van der Waals surface area contributed by atoms with Crippen LogP contribution < -0.4 is 11.4 Å². The van der Waals surface area contributed by atoms with E-state index in [-0.39, 0.29) is 5.69 Å². The lowest BCUT2D eigenvalue weighted by molar-refractivity contribution is 0.762. The number of hydrogen-bond acceptors (Lipinski definition) is 3. The van der Waals surface area contributed by atoms with Crippen LogP contribution in [0.3, 0.4) is 0 Å². The number of nitrogens with zero attached hydrogens (tertiary/aromatic N) is 2. The number of H-pyrrole nitrogens is 1. The van der Waals surface area contributed by atoms with Gasteiger partial charge < -0.3 is 5.73 Å². The highest BCUT2D eigenvalue weighted by atomic mass is 16.1. The molecule has 0 unspecified atom stereocenters. The Balaban J connectivity index is 2.29. The molecule has 1 aromatic carbocycles. The lowest BCUT2D eigenvalue weighted by atomic mass is 10.2. The molecule has 0 radical (unpaired) electrons. The van der Waals surface area contributed by atoms with Crippen molar-refractivity contribution in [2.24, 2.45) is 5.73 Å². The Hall–Kier alpha value is -1.88. The summed E-state index contributed by atoms with van der Waals surface area (Å²) in [5, 5.41) is 4.24. The summed E-state index contributed by atoms with van der Waals surface area (Å²) in [4.78, 5) is 14.4. The second-order valence-corrected chi connectivity index (χ2v) is 4.02. The van der Waals surface area contributed by atoms with Crippen LogP contribution in [-0.2, 0) is 6.42 Å². The number of nitrogens with one attached hydrogen (secondary N) is 1. The van der Waals surface area contributed by atoms with Gasteiger partial charge in [-0.15, -0.1) is 0 Å². The average molecular weight is 232 g/mol. The van der Waals surface area contributed by atoms with Crippen LogP contribution in [0.15, 0.2) is 29.1 Å². The van der Waals surface area contributed by atoms with Crippen molar-refractivity contribution >= 4 is 0 Å². The van der Waals surface area contributed by atoms with Crippen molar-refractivity contribution in [3.63, 3.8) is 0 Å². The minimum absolute atomic E-state index is 0.208. The minimum atomic E-state index is -0.208. The van der Waals surface area contributed by atoms with Crippen molar-refractivity contribution < 1.29 is 0 Å². The number of aromatic amines is 1. The van der Waals surface area contributed by atoms with Crippen LogP contribution in [0, 0.1) is 6.92 Å². The second kappa shape index (κ2) is 4.97. The molecule has 1 heterocycles. The Labute approximate surface area is 99.3 Å². The predicted molar refractivity (Wildman–Crippen MR) is 66.3 cm³/mol. The second-order valence-electron chi connectivity index (χ2n) is 4.02. The molecule has 0 spiro atoms. The van der Waals surface area contributed by atoms with Gasteiger partial charge in [-0.25, -0.2) is 4.79 Å². The molecule has 0 fully saturated rings. The third-order valence-corrected chi connectivity index (χ3v) is 2.56. The van der Waals surface area contributed by atoms with Crippen LogP contribution in [0.1, 0.15) is 17.8 Å². The molecule has 0 aliphatic carbocycles. The fourth-order valence-electron chi connectivity index (χ4n) is 1.61. The van der Waals surface area contributed by atoms with Gasteiger partial charge in [-0.1, -0.05) is 17.7 Å². The van der Waals surface area contributed by atoms with Crippen molar-refractivity contribution in [1.29, 1.82) is 0 Å². The van der Waals surface area contributed by atoms with Gasteiger partial charge in [0.1, 0.15) is 5.82 Å². The lowest BCUT2D eigenvalue weighted by Gasteiger charge is -1.99. The van der Waals surface area contributed by atoms with Crippen LogP contribution in [0.4, 0.5) is 0 Å². The maximum Gasteiger partial charge on any atom is 0.348 e. The molecule has 0 amide bonds. The number of hydrogen-bond donors (Lipinski definition) is 2. The number of rotatable bonds is 4. The van der Waals surface area contributed by atoms with Crippen molar-refractivity contribution in [3.8, 4) is 5.69 Å². The molecule has 5 heteroatoms. The third-order valence-electron chi connectivity index (χ3n) is 2.56. The minimum Gasteiger partial charge on any atom is -0.330 e. The Morgan fingerprint density at radius 1 is 1.35 bits per heavy atom. The van der Waals surface area contributed by atoms with Gasteiger partial charge in [0, 0.05) is 6.42 Å². The van der Waals surface area contributed by atoms with E-state index < -0.39 is 0 Å². The largest absolute Gasteiger partial charge is 0.348 e. The highest BCUT2D eigenvalue weighted by Gasteiger charge is 2.06. The van der Waals surface area contributed by atoms with Gasteiger partial charge in [-0.2, -0.15) is 9.78 Å². The van der Waals surface area contributed by atoms with Gasteiger partial charge >= 0.3 is 5.69 Å². The molecule has 0 aliphatic heterocycles. The van der Waals surface area contributed by atoms with E-state index in [9.17, 15) is 4.79 Å². The first-order chi connectivity index (χ1) is 8.20. The van der Waals surface area contributed by atoms with Crippen LogP contribution >= 0.6 is 0 Å². The Morgan fingerprint density at radius 2 is 2.06 bits per heavy atom. The number of aromatic nitrogens is 3. The van der Waals surface area contributed by atoms with Crippen molar-refractivity contribution in [2.75, 3.05) is 6.54 Å². The monoisotopic (exact) mass is 232 g/mol. The summed E-state index contributed by atoms with van der Waals surface area (Å²) in [6.07, 6.45) is 1.52. The molecule has 90 valence electrons. The SMILES string of the molecule is Cc1ccc(-n2nc(CCCN)[nH]c2=O)cc1. The van der Waals surface area contributed by atoms with E-state index in [1.807, 2.05) is 31.2 Å². The van der Waals surface area contributed by atoms with Gasteiger partial charge in [0.25, 0.3) is 0 Å². The van der Waals surface area contributed by atoms with Gasteiger partial charge in [0.2, 0.25) is 0 Å². The Bertz CT molecular complexity index is 538. The summed E-state index contributed by atoms with van der Waals surface area (Å²) < 4.78 is 1.38. The molecule has 0 atom stereocenters. The van der Waals surface area contributed by atoms with E-state index in [1.165, 1.54) is 4.68 Å². The van der Waals surface area contributed by atoms with Crippen LogP contribution in [-0.4, -0.2) is 21.3 Å². The molecule has 2 aromatic rings. The molecule has 1 aromatic heterocycles. The molecule has 3 N–H and O–H groups in total. The first kappa shape index (κ1) is 11.6. The summed E-state index contributed by atoms with van der Waals surface area (Å²) in [6.45, 7) is 2.60. The van der Waals surface area contributed by atoms with E-state index in [0.717, 1.165) is 17.7 Å². The molecule has 0 bridgehead atoms. The van der Waals surface area contributed by atoms with Crippen LogP contribution in [0.2, 0.25) is 0 Å². The molecular weight excluding hydrogens is 216 g/mol. The van der Waals surface area contributed by atoms with Crippen LogP contribution in [0.25, 0.3) is 5.69 Å². The van der Waals surface area contributed by atoms with Gasteiger partial charge in [0.15, 0.2) is 0 Å². The predicted octanol–water partition coefficient (Wildman–Crippen LogP) is 0.760. The summed E-state index contributed by atoms with van der Waals surface area (Å²) in [5.41, 5.74) is 7.14. The number of benzene rings is 1. The number of aryl methyl sites for hydroxylation is 2. The standard InChI is InChI=1S/C12H16N4O/c1-9-4-6-10(7-5-9)16-12(17)14-11(15-16)3-2-8-13/h4-7H,2-3,8,13H2,1H3,(H,14,15,17). The number of nitrogens with two attached hydrogens (primary N) is 1. The molecule has 2 rings (SSSR count). The van der Waals surface area contributed by atoms with Crippen LogP contribution in [0.5, 0.6) is 0 Å². The zero-order chi connectivity index (χ0) is 12.3. The fraction of sp³-hybridized carbons (Fsp3) is 0.333. The maximum atomic E-state index is 11.7. The fourth-order valence-corrected chi connectivity index (χ4v) is 1.61. The Kier molecular flexibility index (Phi) is 3.39. The molecule has 0 saturated heterocycles. The molecule has 0 aliphatic rings. The highest BCUT2D eigenvalue weighted by molar-refractivity contribution is 5.32. The van der Waals surface area contributed by atoms with E-state index in [2.05, 4.69) is 10.1 Å². The van der Waals surface area contributed by atoms with E-state index >= 15 is 0 Å². The summed E-state index contributed by atoms with van der Waals surface area (Å²) in [7, 11) is 0.